The zero-order chi connectivity index (χ0) is 21.2. The first-order valence-corrected chi connectivity index (χ1v) is 9.71. The smallest absolute Gasteiger partial charge is 0.392 e. The van der Waals surface area contributed by atoms with Crippen molar-refractivity contribution in [3.8, 4) is 6.07 Å². The van der Waals surface area contributed by atoms with E-state index in [2.05, 4.69) is 16.4 Å². The Bertz CT molecular complexity index is 894. The molecule has 1 saturated heterocycles. The van der Waals surface area contributed by atoms with Gasteiger partial charge in [-0.25, -0.2) is 0 Å². The Balaban J connectivity index is 1.91. The Morgan fingerprint density at radius 2 is 2.07 bits per heavy atom. The first-order valence-electron chi connectivity index (χ1n) is 9.71. The highest BCUT2D eigenvalue weighted by Crippen LogP contribution is 2.37. The van der Waals surface area contributed by atoms with Crippen molar-refractivity contribution in [2.24, 2.45) is 11.8 Å². The summed E-state index contributed by atoms with van der Waals surface area (Å²) in [7, 11) is 0. The number of nitriles is 1. The minimum atomic E-state index is -4.31. The number of hydrogen-bond acceptors (Lipinski definition) is 5. The predicted molar refractivity (Wildman–Crippen MR) is 105 cm³/mol. The average molecular weight is 406 g/mol. The van der Waals surface area contributed by atoms with Crippen LogP contribution in [0.15, 0.2) is 30.5 Å². The summed E-state index contributed by atoms with van der Waals surface area (Å²) in [6.07, 6.45) is -3.39. The maximum absolute atomic E-state index is 13.6. The van der Waals surface area contributed by atoms with Gasteiger partial charge in [-0.1, -0.05) is 13.8 Å². The molecule has 156 valence electrons. The zero-order valence-corrected chi connectivity index (χ0v) is 16.4. The molecule has 2 heterocycles. The van der Waals surface area contributed by atoms with Crippen LogP contribution in [0.4, 0.5) is 18.9 Å². The van der Waals surface area contributed by atoms with Gasteiger partial charge in [0.25, 0.3) is 0 Å². The quantitative estimate of drug-likeness (QED) is 0.796. The Morgan fingerprint density at radius 1 is 1.31 bits per heavy atom. The number of aliphatic hydroxyl groups excluding tert-OH is 1. The van der Waals surface area contributed by atoms with E-state index in [0.717, 1.165) is 0 Å². The topological polar surface area (TPSA) is 72.2 Å². The van der Waals surface area contributed by atoms with Crippen molar-refractivity contribution in [1.29, 1.82) is 5.26 Å². The average Bonchev–Trinajstić information content (AvgIpc) is 2.70. The summed E-state index contributed by atoms with van der Waals surface area (Å²) in [6, 6.07) is 8.47. The molecule has 0 bridgehead atoms. The van der Waals surface area contributed by atoms with Crippen LogP contribution in [0.1, 0.15) is 25.8 Å². The summed E-state index contributed by atoms with van der Waals surface area (Å²) in [5.74, 6) is -1.46. The Morgan fingerprint density at radius 3 is 2.72 bits per heavy atom. The monoisotopic (exact) mass is 406 g/mol. The van der Waals surface area contributed by atoms with Gasteiger partial charge in [0, 0.05) is 42.9 Å². The number of fused-ring (bicyclic) bond motifs is 1. The minimum Gasteiger partial charge on any atom is -0.392 e. The molecule has 2 N–H and O–H groups in total. The third-order valence-corrected chi connectivity index (χ3v) is 5.51. The van der Waals surface area contributed by atoms with Crippen LogP contribution in [0.5, 0.6) is 0 Å². The molecule has 8 heteroatoms. The number of halogens is 3. The fourth-order valence-corrected chi connectivity index (χ4v) is 3.73. The van der Waals surface area contributed by atoms with Gasteiger partial charge in [0.05, 0.1) is 23.1 Å². The molecule has 0 unspecified atom stereocenters. The van der Waals surface area contributed by atoms with Crippen molar-refractivity contribution in [2.75, 3.05) is 24.5 Å². The molecule has 1 aliphatic heterocycles. The van der Waals surface area contributed by atoms with E-state index in [4.69, 9.17) is 0 Å². The lowest BCUT2D eigenvalue weighted by molar-refractivity contribution is -0.177. The van der Waals surface area contributed by atoms with Gasteiger partial charge in [0.1, 0.15) is 6.07 Å². The minimum absolute atomic E-state index is 0.0224. The molecule has 5 nitrogen and oxygen atoms in total. The summed E-state index contributed by atoms with van der Waals surface area (Å²) in [4.78, 5) is 5.97. The largest absolute Gasteiger partial charge is 0.393 e. The molecule has 1 aromatic carbocycles. The predicted octanol–water partition coefficient (Wildman–Crippen LogP) is 3.47. The molecule has 0 aliphatic carbocycles. The summed E-state index contributed by atoms with van der Waals surface area (Å²) in [6.45, 7) is 4.22. The number of nitrogens with one attached hydrogen (secondary N) is 1. The molecule has 0 radical (unpaired) electrons. The summed E-state index contributed by atoms with van der Waals surface area (Å²) in [5, 5.41) is 23.1. The molecule has 3 rings (SSSR count). The van der Waals surface area contributed by atoms with Gasteiger partial charge in [-0.15, -0.1) is 0 Å². The number of aromatic nitrogens is 1. The van der Waals surface area contributed by atoms with E-state index < -0.39 is 24.2 Å². The van der Waals surface area contributed by atoms with E-state index in [1.165, 1.54) is 0 Å². The summed E-state index contributed by atoms with van der Waals surface area (Å²) >= 11 is 0. The van der Waals surface area contributed by atoms with Crippen molar-refractivity contribution < 1.29 is 18.3 Å². The molecule has 2 aromatic rings. The number of anilines is 1. The van der Waals surface area contributed by atoms with Crippen LogP contribution < -0.4 is 10.2 Å². The number of rotatable bonds is 5. The van der Waals surface area contributed by atoms with Crippen LogP contribution in [-0.4, -0.2) is 48.0 Å². The van der Waals surface area contributed by atoms with E-state index in [9.17, 15) is 23.5 Å². The molecule has 0 amide bonds. The second kappa shape index (κ2) is 8.56. The number of piperidine rings is 1. The molecule has 1 fully saturated rings. The van der Waals surface area contributed by atoms with Crippen molar-refractivity contribution in [1.82, 2.24) is 10.3 Å². The van der Waals surface area contributed by atoms with Crippen LogP contribution in [0.3, 0.4) is 0 Å². The van der Waals surface area contributed by atoms with Gasteiger partial charge in [0.2, 0.25) is 0 Å². The number of nitrogens with zero attached hydrogens (tertiary/aromatic N) is 3. The van der Waals surface area contributed by atoms with Gasteiger partial charge >= 0.3 is 6.18 Å². The second-order valence-corrected chi connectivity index (χ2v) is 7.94. The van der Waals surface area contributed by atoms with Crippen LogP contribution in [0, 0.1) is 23.2 Å². The third kappa shape index (κ3) is 4.80. The molecule has 0 spiro atoms. The standard InChI is InChI=1S/C21H25F3N4O/c1-13(2)19(29)10-27-16-8-15(21(22,23)24)11-28(12-16)18-6-5-14(9-25)20-17(18)4-3-7-26-20/h3-7,13,15-16,19,27,29H,8,10-12H2,1-2H3/t15-,16+,19+/m0/s1. The number of alkyl halides is 3. The highest BCUT2D eigenvalue weighted by molar-refractivity contribution is 5.95. The van der Waals surface area contributed by atoms with E-state index in [0.29, 0.717) is 28.7 Å². The number of aliphatic hydroxyl groups is 1. The van der Waals surface area contributed by atoms with Gasteiger partial charge in [-0.2, -0.15) is 18.4 Å². The first-order chi connectivity index (χ1) is 13.7. The number of pyridine rings is 1. The molecular formula is C21H25F3N4O. The van der Waals surface area contributed by atoms with Gasteiger partial charge in [-0.05, 0) is 36.6 Å². The molecule has 0 saturated carbocycles. The molecule has 1 aliphatic rings. The van der Waals surface area contributed by atoms with Gasteiger partial charge in [0.15, 0.2) is 0 Å². The van der Waals surface area contributed by atoms with Crippen LogP contribution in [0.2, 0.25) is 0 Å². The molecule has 1 aromatic heterocycles. The Hall–Kier alpha value is -2.37. The fourth-order valence-electron chi connectivity index (χ4n) is 3.73. The lowest BCUT2D eigenvalue weighted by atomic mass is 9.92. The Labute approximate surface area is 168 Å². The Kier molecular flexibility index (Phi) is 6.30. The zero-order valence-electron chi connectivity index (χ0n) is 16.4. The van der Waals surface area contributed by atoms with Crippen LogP contribution in [0.25, 0.3) is 10.9 Å². The van der Waals surface area contributed by atoms with Crippen LogP contribution in [-0.2, 0) is 0 Å². The van der Waals surface area contributed by atoms with Gasteiger partial charge < -0.3 is 15.3 Å². The van der Waals surface area contributed by atoms with Gasteiger partial charge in [-0.3, -0.25) is 4.98 Å². The molecule has 3 atom stereocenters. The molecule has 29 heavy (non-hydrogen) atoms. The first kappa shape index (κ1) is 21.3. The van der Waals surface area contributed by atoms with Crippen LogP contribution >= 0.6 is 0 Å². The highest BCUT2D eigenvalue weighted by Gasteiger charge is 2.44. The van der Waals surface area contributed by atoms with Crippen molar-refractivity contribution in [3.05, 3.63) is 36.0 Å². The van der Waals surface area contributed by atoms with Crippen molar-refractivity contribution in [2.45, 2.75) is 38.6 Å². The maximum Gasteiger partial charge on any atom is 0.393 e. The third-order valence-electron chi connectivity index (χ3n) is 5.51. The summed E-state index contributed by atoms with van der Waals surface area (Å²) < 4.78 is 40.8. The van der Waals surface area contributed by atoms with E-state index in [1.807, 2.05) is 13.8 Å². The fraction of sp³-hybridized carbons (Fsp3) is 0.524. The second-order valence-electron chi connectivity index (χ2n) is 7.94. The van der Waals surface area contributed by atoms with E-state index >= 15 is 0 Å². The number of benzene rings is 1. The highest BCUT2D eigenvalue weighted by atomic mass is 19.4. The maximum atomic E-state index is 13.6. The lowest BCUT2D eigenvalue weighted by Crippen LogP contribution is -2.54. The summed E-state index contributed by atoms with van der Waals surface area (Å²) in [5.41, 5.74) is 1.52. The number of hydrogen-bond donors (Lipinski definition) is 2. The van der Waals surface area contributed by atoms with E-state index in [-0.39, 0.29) is 25.4 Å². The lowest BCUT2D eigenvalue weighted by Gasteiger charge is -2.41. The normalized spacial score (nSPS) is 21.4. The van der Waals surface area contributed by atoms with E-state index in [1.54, 1.807) is 35.4 Å². The molecular weight excluding hydrogens is 381 g/mol. The van der Waals surface area contributed by atoms with Crippen molar-refractivity contribution >= 4 is 16.6 Å². The SMILES string of the molecule is CC(C)[C@H](O)CN[C@@H]1C[C@H](C(F)(F)F)CN(c2ccc(C#N)c3ncccc23)C1. The van der Waals surface area contributed by atoms with Crippen molar-refractivity contribution in [3.63, 3.8) is 0 Å².